The predicted octanol–water partition coefficient (Wildman–Crippen LogP) is 4.88. The molecule has 0 bridgehead atoms. The summed E-state index contributed by atoms with van der Waals surface area (Å²) < 4.78 is 0.263. The third-order valence-corrected chi connectivity index (χ3v) is 3.56. The van der Waals surface area contributed by atoms with E-state index in [1.165, 1.54) is 11.8 Å². The molecule has 0 fully saturated rings. The summed E-state index contributed by atoms with van der Waals surface area (Å²) in [6.45, 7) is 0. The first-order chi connectivity index (χ1) is 5.00. The van der Waals surface area contributed by atoms with Crippen LogP contribution in [-0.4, -0.2) is 6.26 Å². The van der Waals surface area contributed by atoms with Gasteiger partial charge in [-0.15, -0.1) is 11.8 Å². The Labute approximate surface area is 94.5 Å². The molecule has 0 aromatic heterocycles. The summed E-state index contributed by atoms with van der Waals surface area (Å²) in [7, 11) is 0. The Bertz CT molecular complexity index is 203. The molecule has 0 amide bonds. The first-order valence-electron chi connectivity index (χ1n) is 2.31. The van der Waals surface area contributed by atoms with Crippen LogP contribution in [0.2, 0.25) is 0 Å². The smallest absolute Gasteiger partial charge is 0.116 e. The highest BCUT2D eigenvalue weighted by molar-refractivity contribution is 8.04. The lowest BCUT2D eigenvalue weighted by Gasteiger charge is -1.98. The normalized spacial score (nSPS) is 12.5. The molecular formula is C5H3Cl5S. The van der Waals surface area contributed by atoms with E-state index in [9.17, 15) is 0 Å². The Balaban J connectivity index is 4.75. The molecule has 0 radical (unpaired) electrons. The largest absolute Gasteiger partial charge is 0.127 e. The number of halogens is 5. The second-order valence-corrected chi connectivity index (χ2v) is 4.49. The zero-order chi connectivity index (χ0) is 9.02. The van der Waals surface area contributed by atoms with Gasteiger partial charge in [0.1, 0.15) is 4.49 Å². The van der Waals surface area contributed by atoms with E-state index in [2.05, 4.69) is 0 Å². The molecule has 0 unspecified atom stereocenters. The molecule has 0 heterocycles. The van der Waals surface area contributed by atoms with E-state index in [4.69, 9.17) is 58.0 Å². The maximum atomic E-state index is 5.65. The highest BCUT2D eigenvalue weighted by Gasteiger charge is 2.08. The van der Waals surface area contributed by atoms with Crippen LogP contribution in [-0.2, 0) is 0 Å². The molecule has 11 heavy (non-hydrogen) atoms. The SMILES string of the molecule is CS/C(Cl)=C(\Cl)C(Cl)=C(Cl)Cl. The monoisotopic (exact) mass is 270 g/mol. The van der Waals surface area contributed by atoms with E-state index < -0.39 is 0 Å². The highest BCUT2D eigenvalue weighted by atomic mass is 35.5. The highest BCUT2D eigenvalue weighted by Crippen LogP contribution is 2.34. The molecular weight excluding hydrogens is 269 g/mol. The Hall–Kier alpha value is 1.28. The molecule has 0 aliphatic rings. The molecule has 0 atom stereocenters. The first-order valence-corrected chi connectivity index (χ1v) is 5.42. The van der Waals surface area contributed by atoms with Crippen molar-refractivity contribution < 1.29 is 0 Å². The average Bonchev–Trinajstić information content (AvgIpc) is 2.00. The maximum absolute atomic E-state index is 5.65. The maximum Gasteiger partial charge on any atom is 0.127 e. The van der Waals surface area contributed by atoms with Crippen LogP contribution in [0.4, 0.5) is 0 Å². The summed E-state index contributed by atoms with van der Waals surface area (Å²) in [6.07, 6.45) is 1.76. The molecule has 0 spiro atoms. The molecule has 0 aliphatic heterocycles. The first kappa shape index (κ1) is 12.3. The van der Waals surface area contributed by atoms with E-state index >= 15 is 0 Å². The van der Waals surface area contributed by atoms with E-state index in [1.807, 2.05) is 0 Å². The van der Waals surface area contributed by atoms with Crippen LogP contribution >= 0.6 is 69.8 Å². The molecule has 0 saturated carbocycles. The molecule has 0 nitrogen and oxygen atoms in total. The van der Waals surface area contributed by atoms with Crippen molar-refractivity contribution in [3.05, 3.63) is 18.9 Å². The molecule has 0 rings (SSSR count). The van der Waals surface area contributed by atoms with Gasteiger partial charge in [0.2, 0.25) is 0 Å². The second-order valence-electron chi connectivity index (χ2n) is 1.37. The quantitative estimate of drug-likeness (QED) is 0.645. The second kappa shape index (κ2) is 5.85. The number of thioether (sulfide) groups is 1. The van der Waals surface area contributed by atoms with Crippen LogP contribution in [0.15, 0.2) is 18.9 Å². The van der Waals surface area contributed by atoms with Crippen molar-refractivity contribution >= 4 is 69.8 Å². The summed E-state index contributed by atoms with van der Waals surface area (Å²) >= 11 is 28.8. The van der Waals surface area contributed by atoms with E-state index in [0.29, 0.717) is 4.36 Å². The van der Waals surface area contributed by atoms with Gasteiger partial charge in [-0.05, 0) is 6.26 Å². The molecule has 0 aromatic carbocycles. The molecule has 64 valence electrons. The van der Waals surface area contributed by atoms with Crippen LogP contribution in [0.25, 0.3) is 0 Å². The van der Waals surface area contributed by atoms with Crippen molar-refractivity contribution in [3.8, 4) is 0 Å². The summed E-state index contributed by atoms with van der Waals surface area (Å²) in [5.74, 6) is 0. The Morgan fingerprint density at radius 2 is 1.36 bits per heavy atom. The number of hydrogen-bond donors (Lipinski definition) is 0. The van der Waals surface area contributed by atoms with Gasteiger partial charge in [0, 0.05) is 0 Å². The van der Waals surface area contributed by atoms with E-state index in [1.54, 1.807) is 6.26 Å². The van der Waals surface area contributed by atoms with Crippen molar-refractivity contribution in [1.29, 1.82) is 0 Å². The minimum atomic E-state index is -0.0936. The lowest BCUT2D eigenvalue weighted by atomic mass is 10.6. The minimum Gasteiger partial charge on any atom is -0.116 e. The summed E-state index contributed by atoms with van der Waals surface area (Å²) in [4.78, 5) is 0. The topological polar surface area (TPSA) is 0 Å². The third-order valence-electron chi connectivity index (χ3n) is 0.710. The zero-order valence-electron chi connectivity index (χ0n) is 5.30. The summed E-state index contributed by atoms with van der Waals surface area (Å²) in [5.41, 5.74) is 0. The number of hydrogen-bond acceptors (Lipinski definition) is 1. The fourth-order valence-corrected chi connectivity index (χ4v) is 1.45. The number of rotatable bonds is 2. The molecule has 0 saturated heterocycles. The third kappa shape index (κ3) is 4.16. The fourth-order valence-electron chi connectivity index (χ4n) is 0.259. The van der Waals surface area contributed by atoms with Crippen LogP contribution in [0.5, 0.6) is 0 Å². The standard InChI is InChI=1S/C5H3Cl5S/c1-11-5(10)3(7)2(6)4(8)9/h1H3/b5-3-. The minimum absolute atomic E-state index is 0.0642. The van der Waals surface area contributed by atoms with E-state index in [0.717, 1.165) is 0 Å². The van der Waals surface area contributed by atoms with Crippen molar-refractivity contribution in [2.75, 3.05) is 6.26 Å². The van der Waals surface area contributed by atoms with Gasteiger partial charge in [-0.3, -0.25) is 0 Å². The van der Waals surface area contributed by atoms with Gasteiger partial charge in [0.15, 0.2) is 0 Å². The van der Waals surface area contributed by atoms with Gasteiger partial charge in [0.25, 0.3) is 0 Å². The van der Waals surface area contributed by atoms with Gasteiger partial charge in [-0.2, -0.15) is 0 Å². The molecule has 6 heteroatoms. The summed E-state index contributed by atoms with van der Waals surface area (Å²) in [5, 5.41) is 0.232. The molecule has 0 aromatic rings. The number of allylic oxidation sites excluding steroid dienone is 2. The van der Waals surface area contributed by atoms with Crippen molar-refractivity contribution in [1.82, 2.24) is 0 Å². The van der Waals surface area contributed by atoms with Gasteiger partial charge in [-0.1, -0.05) is 58.0 Å². The molecule has 0 aliphatic carbocycles. The van der Waals surface area contributed by atoms with Crippen LogP contribution < -0.4 is 0 Å². The van der Waals surface area contributed by atoms with Crippen LogP contribution in [0, 0.1) is 0 Å². The molecule has 0 N–H and O–H groups in total. The Morgan fingerprint density at radius 3 is 1.64 bits per heavy atom. The Kier molecular flexibility index (Phi) is 6.53. The van der Waals surface area contributed by atoms with Crippen molar-refractivity contribution in [2.45, 2.75) is 0 Å². The van der Waals surface area contributed by atoms with Gasteiger partial charge >= 0.3 is 0 Å². The van der Waals surface area contributed by atoms with Gasteiger partial charge < -0.3 is 0 Å². The lowest BCUT2D eigenvalue weighted by Crippen LogP contribution is -1.75. The van der Waals surface area contributed by atoms with Gasteiger partial charge in [-0.25, -0.2) is 0 Å². The van der Waals surface area contributed by atoms with Crippen LogP contribution in [0.3, 0.4) is 0 Å². The zero-order valence-corrected chi connectivity index (χ0v) is 9.89. The Morgan fingerprint density at radius 1 is 0.909 bits per heavy atom. The van der Waals surface area contributed by atoms with E-state index in [-0.39, 0.29) is 14.6 Å². The summed E-state index contributed by atoms with van der Waals surface area (Å²) in [6, 6.07) is 0. The lowest BCUT2D eigenvalue weighted by molar-refractivity contribution is 1.84. The van der Waals surface area contributed by atoms with Crippen molar-refractivity contribution in [2.24, 2.45) is 0 Å². The van der Waals surface area contributed by atoms with Crippen molar-refractivity contribution in [3.63, 3.8) is 0 Å². The fraction of sp³-hybridized carbons (Fsp3) is 0.200. The van der Waals surface area contributed by atoms with Crippen LogP contribution in [0.1, 0.15) is 0 Å². The average molecular weight is 272 g/mol. The van der Waals surface area contributed by atoms with Gasteiger partial charge in [0.05, 0.1) is 14.4 Å². The predicted molar refractivity (Wildman–Crippen MR) is 56.8 cm³/mol.